The third-order valence-corrected chi connectivity index (χ3v) is 2.79. The van der Waals surface area contributed by atoms with Gasteiger partial charge in [0.25, 0.3) is 0 Å². The van der Waals surface area contributed by atoms with Crippen molar-refractivity contribution >= 4 is 5.82 Å². The second-order valence-electron chi connectivity index (χ2n) is 4.03. The average Bonchev–Trinajstić information content (AvgIpc) is 2.65. The Morgan fingerprint density at radius 3 is 2.86 bits per heavy atom. The molecular weight excluding hydrogens is 176 g/mol. The Bertz CT molecular complexity index is 279. The Morgan fingerprint density at radius 2 is 2.21 bits per heavy atom. The van der Waals surface area contributed by atoms with E-state index >= 15 is 0 Å². The minimum atomic E-state index is -0.0302. The fourth-order valence-corrected chi connectivity index (χ4v) is 1.92. The van der Waals surface area contributed by atoms with Crippen LogP contribution in [0.5, 0.6) is 0 Å². The molecule has 14 heavy (non-hydrogen) atoms. The SMILES string of the molecule is NC1(CNc2cccnn2)CCCC1. The molecule has 4 heteroatoms. The summed E-state index contributed by atoms with van der Waals surface area (Å²) < 4.78 is 0. The topological polar surface area (TPSA) is 63.8 Å². The molecule has 76 valence electrons. The van der Waals surface area contributed by atoms with Gasteiger partial charge in [-0.05, 0) is 25.0 Å². The van der Waals surface area contributed by atoms with Crippen LogP contribution in [-0.2, 0) is 0 Å². The molecule has 4 nitrogen and oxygen atoms in total. The Labute approximate surface area is 83.9 Å². The minimum absolute atomic E-state index is 0.0302. The molecule has 3 N–H and O–H groups in total. The summed E-state index contributed by atoms with van der Waals surface area (Å²) in [6.45, 7) is 0.797. The van der Waals surface area contributed by atoms with Gasteiger partial charge in [-0.1, -0.05) is 12.8 Å². The van der Waals surface area contributed by atoms with Gasteiger partial charge in [-0.2, -0.15) is 5.10 Å². The van der Waals surface area contributed by atoms with E-state index in [1.807, 2.05) is 12.1 Å². The molecule has 1 heterocycles. The van der Waals surface area contributed by atoms with E-state index in [0.717, 1.165) is 25.2 Å². The molecule has 0 radical (unpaired) electrons. The Kier molecular flexibility index (Phi) is 2.63. The van der Waals surface area contributed by atoms with Crippen LogP contribution in [0.15, 0.2) is 18.3 Å². The normalized spacial score (nSPS) is 19.5. The number of anilines is 1. The van der Waals surface area contributed by atoms with Crippen molar-refractivity contribution in [2.24, 2.45) is 5.73 Å². The standard InChI is InChI=1S/C10H16N4/c11-10(5-1-2-6-10)8-12-9-4-3-7-13-14-9/h3-4,7H,1-2,5-6,8,11H2,(H,12,14). The highest BCUT2D eigenvalue weighted by atomic mass is 15.2. The number of nitrogens with two attached hydrogens (primary N) is 1. The van der Waals surface area contributed by atoms with Gasteiger partial charge in [0.15, 0.2) is 0 Å². The van der Waals surface area contributed by atoms with Crippen LogP contribution in [0.3, 0.4) is 0 Å². The predicted octanol–water partition coefficient (Wildman–Crippen LogP) is 1.16. The van der Waals surface area contributed by atoms with E-state index in [1.54, 1.807) is 6.20 Å². The van der Waals surface area contributed by atoms with Crippen molar-refractivity contribution in [1.82, 2.24) is 10.2 Å². The number of hydrogen-bond donors (Lipinski definition) is 2. The maximum atomic E-state index is 6.20. The van der Waals surface area contributed by atoms with Gasteiger partial charge in [-0.15, -0.1) is 5.10 Å². The molecule has 1 aromatic heterocycles. The van der Waals surface area contributed by atoms with E-state index in [-0.39, 0.29) is 5.54 Å². The molecule has 0 saturated heterocycles. The highest BCUT2D eigenvalue weighted by molar-refractivity contribution is 5.32. The molecule has 0 aliphatic heterocycles. The van der Waals surface area contributed by atoms with Crippen LogP contribution < -0.4 is 11.1 Å². The lowest BCUT2D eigenvalue weighted by Gasteiger charge is -2.23. The van der Waals surface area contributed by atoms with Crippen molar-refractivity contribution in [1.29, 1.82) is 0 Å². The van der Waals surface area contributed by atoms with Crippen molar-refractivity contribution in [2.75, 3.05) is 11.9 Å². The second-order valence-corrected chi connectivity index (χ2v) is 4.03. The maximum absolute atomic E-state index is 6.20. The second kappa shape index (κ2) is 3.92. The molecular formula is C10H16N4. The van der Waals surface area contributed by atoms with Crippen LogP contribution in [0.4, 0.5) is 5.82 Å². The zero-order chi connectivity index (χ0) is 9.86. The van der Waals surface area contributed by atoms with E-state index in [2.05, 4.69) is 15.5 Å². The van der Waals surface area contributed by atoms with Gasteiger partial charge in [0, 0.05) is 18.3 Å². The van der Waals surface area contributed by atoms with E-state index in [1.165, 1.54) is 12.8 Å². The molecule has 0 atom stereocenters. The van der Waals surface area contributed by atoms with Gasteiger partial charge in [0.05, 0.1) is 0 Å². The minimum Gasteiger partial charge on any atom is -0.367 e. The first-order chi connectivity index (χ1) is 6.79. The van der Waals surface area contributed by atoms with Crippen molar-refractivity contribution in [3.8, 4) is 0 Å². The number of hydrogen-bond acceptors (Lipinski definition) is 4. The summed E-state index contributed by atoms with van der Waals surface area (Å²) in [6, 6.07) is 3.78. The lowest BCUT2D eigenvalue weighted by molar-refractivity contribution is 0.463. The number of nitrogens with one attached hydrogen (secondary N) is 1. The summed E-state index contributed by atoms with van der Waals surface area (Å²) in [5, 5.41) is 11.0. The third-order valence-electron chi connectivity index (χ3n) is 2.79. The lowest BCUT2D eigenvalue weighted by Crippen LogP contribution is -2.43. The molecule has 0 bridgehead atoms. The van der Waals surface area contributed by atoms with Crippen LogP contribution in [-0.4, -0.2) is 22.3 Å². The van der Waals surface area contributed by atoms with Crippen molar-refractivity contribution in [3.05, 3.63) is 18.3 Å². The van der Waals surface area contributed by atoms with Gasteiger partial charge in [0.1, 0.15) is 5.82 Å². The molecule has 1 aliphatic rings. The molecule has 0 aromatic carbocycles. The molecule has 1 aromatic rings. The smallest absolute Gasteiger partial charge is 0.148 e. The third kappa shape index (κ3) is 2.20. The molecule has 0 spiro atoms. The molecule has 1 fully saturated rings. The quantitative estimate of drug-likeness (QED) is 0.754. The number of nitrogens with zero attached hydrogens (tertiary/aromatic N) is 2. The summed E-state index contributed by atoms with van der Waals surface area (Å²) in [7, 11) is 0. The zero-order valence-electron chi connectivity index (χ0n) is 8.24. The first-order valence-corrected chi connectivity index (χ1v) is 5.09. The molecule has 1 aliphatic carbocycles. The van der Waals surface area contributed by atoms with Crippen molar-refractivity contribution in [3.63, 3.8) is 0 Å². The fourth-order valence-electron chi connectivity index (χ4n) is 1.92. The largest absolute Gasteiger partial charge is 0.367 e. The molecule has 2 rings (SSSR count). The summed E-state index contributed by atoms with van der Waals surface area (Å²) in [6.07, 6.45) is 6.39. The van der Waals surface area contributed by atoms with Gasteiger partial charge < -0.3 is 11.1 Å². The first-order valence-electron chi connectivity index (χ1n) is 5.09. The number of aromatic nitrogens is 2. The predicted molar refractivity (Wildman–Crippen MR) is 55.9 cm³/mol. The van der Waals surface area contributed by atoms with Crippen LogP contribution >= 0.6 is 0 Å². The maximum Gasteiger partial charge on any atom is 0.148 e. The van der Waals surface area contributed by atoms with Gasteiger partial charge in [0.2, 0.25) is 0 Å². The van der Waals surface area contributed by atoms with Crippen LogP contribution in [0, 0.1) is 0 Å². The van der Waals surface area contributed by atoms with Gasteiger partial charge in [-0.3, -0.25) is 0 Å². The Balaban J connectivity index is 1.88. The van der Waals surface area contributed by atoms with E-state index in [0.29, 0.717) is 0 Å². The highest BCUT2D eigenvalue weighted by Gasteiger charge is 2.28. The summed E-state index contributed by atoms with van der Waals surface area (Å²) >= 11 is 0. The van der Waals surface area contributed by atoms with Gasteiger partial charge >= 0.3 is 0 Å². The summed E-state index contributed by atoms with van der Waals surface area (Å²) in [5.74, 6) is 0.809. The fraction of sp³-hybridized carbons (Fsp3) is 0.600. The van der Waals surface area contributed by atoms with Crippen LogP contribution in [0.2, 0.25) is 0 Å². The molecule has 0 amide bonds. The van der Waals surface area contributed by atoms with E-state index in [4.69, 9.17) is 5.73 Å². The van der Waals surface area contributed by atoms with Gasteiger partial charge in [-0.25, -0.2) is 0 Å². The Morgan fingerprint density at radius 1 is 1.43 bits per heavy atom. The van der Waals surface area contributed by atoms with Crippen LogP contribution in [0.1, 0.15) is 25.7 Å². The lowest BCUT2D eigenvalue weighted by atomic mass is 9.99. The summed E-state index contributed by atoms with van der Waals surface area (Å²) in [4.78, 5) is 0. The Hall–Kier alpha value is -1.16. The highest BCUT2D eigenvalue weighted by Crippen LogP contribution is 2.26. The average molecular weight is 192 g/mol. The first kappa shape index (κ1) is 9.40. The van der Waals surface area contributed by atoms with E-state index in [9.17, 15) is 0 Å². The molecule has 1 saturated carbocycles. The number of rotatable bonds is 3. The monoisotopic (exact) mass is 192 g/mol. The van der Waals surface area contributed by atoms with Crippen molar-refractivity contribution in [2.45, 2.75) is 31.2 Å². The van der Waals surface area contributed by atoms with Crippen LogP contribution in [0.25, 0.3) is 0 Å². The molecule has 0 unspecified atom stereocenters. The van der Waals surface area contributed by atoms with E-state index < -0.39 is 0 Å². The van der Waals surface area contributed by atoms with Crippen molar-refractivity contribution < 1.29 is 0 Å². The summed E-state index contributed by atoms with van der Waals surface area (Å²) in [5.41, 5.74) is 6.17. The zero-order valence-corrected chi connectivity index (χ0v) is 8.24.